The quantitative estimate of drug-likeness (QED) is 0.778. The van der Waals surface area contributed by atoms with Crippen molar-refractivity contribution in [3.63, 3.8) is 0 Å². The second kappa shape index (κ2) is 6.89. The fraction of sp³-hybridized carbons (Fsp3) is 0.421. The fourth-order valence-corrected chi connectivity index (χ4v) is 5.99. The van der Waals surface area contributed by atoms with E-state index in [2.05, 4.69) is 4.98 Å². The molecule has 0 spiro atoms. The van der Waals surface area contributed by atoms with Crippen molar-refractivity contribution in [1.82, 2.24) is 9.29 Å². The van der Waals surface area contributed by atoms with Gasteiger partial charge < -0.3 is 9.47 Å². The molecule has 2 bridgehead atoms. The molecule has 3 atom stereocenters. The highest BCUT2D eigenvalue weighted by Crippen LogP contribution is 2.45. The molecule has 7 heteroatoms. The molecule has 1 aliphatic carbocycles. The lowest BCUT2D eigenvalue weighted by Gasteiger charge is -2.34. The van der Waals surface area contributed by atoms with Crippen LogP contribution in [0.15, 0.2) is 53.7 Å². The number of ether oxygens (including phenoxy) is 2. The molecule has 1 saturated heterocycles. The van der Waals surface area contributed by atoms with Crippen molar-refractivity contribution in [3.8, 4) is 11.5 Å². The van der Waals surface area contributed by atoms with Gasteiger partial charge in [0.2, 0.25) is 10.0 Å². The van der Waals surface area contributed by atoms with E-state index >= 15 is 0 Å². The number of rotatable bonds is 6. The molecule has 0 amide bonds. The van der Waals surface area contributed by atoms with Gasteiger partial charge >= 0.3 is 0 Å². The van der Waals surface area contributed by atoms with Crippen molar-refractivity contribution >= 4 is 10.0 Å². The first-order valence-corrected chi connectivity index (χ1v) is 10.2. The summed E-state index contributed by atoms with van der Waals surface area (Å²) in [6, 6.07) is 10.6. The van der Waals surface area contributed by atoms with Gasteiger partial charge in [0.15, 0.2) is 0 Å². The molecule has 2 aliphatic rings. The third-order valence-corrected chi connectivity index (χ3v) is 7.31. The van der Waals surface area contributed by atoms with Crippen molar-refractivity contribution in [3.05, 3.63) is 48.8 Å². The maximum absolute atomic E-state index is 13.2. The lowest BCUT2D eigenvalue weighted by Crippen LogP contribution is -2.47. The number of piperidine rings is 1. The van der Waals surface area contributed by atoms with Crippen LogP contribution in [-0.2, 0) is 10.0 Å². The van der Waals surface area contributed by atoms with Crippen LogP contribution in [0.3, 0.4) is 0 Å². The predicted molar refractivity (Wildman–Crippen MR) is 96.7 cm³/mol. The van der Waals surface area contributed by atoms with Crippen molar-refractivity contribution in [1.29, 1.82) is 0 Å². The average Bonchev–Trinajstić information content (AvgIpc) is 3.29. The maximum Gasteiger partial charge on any atom is 0.245 e. The minimum Gasteiger partial charge on any atom is -0.497 e. The molecule has 0 unspecified atom stereocenters. The average molecular weight is 374 g/mol. The minimum atomic E-state index is -3.57. The Hall–Kier alpha value is -2.12. The lowest BCUT2D eigenvalue weighted by atomic mass is 10.0. The molecule has 1 saturated carbocycles. The number of hydrogen-bond acceptors (Lipinski definition) is 5. The number of methoxy groups -OCH3 is 1. The Morgan fingerprint density at radius 2 is 2.04 bits per heavy atom. The molecule has 2 fully saturated rings. The molecule has 26 heavy (non-hydrogen) atoms. The van der Waals surface area contributed by atoms with E-state index in [0.29, 0.717) is 18.3 Å². The number of nitrogens with zero attached hydrogens (tertiary/aromatic N) is 2. The summed E-state index contributed by atoms with van der Waals surface area (Å²) in [6.07, 6.45) is 5.88. The molecule has 2 heterocycles. The highest BCUT2D eigenvalue weighted by atomic mass is 32.2. The van der Waals surface area contributed by atoms with Crippen LogP contribution < -0.4 is 9.47 Å². The van der Waals surface area contributed by atoms with E-state index in [9.17, 15) is 8.42 Å². The molecule has 1 aromatic carbocycles. The third-order valence-electron chi connectivity index (χ3n) is 5.35. The molecule has 4 rings (SSSR count). The Labute approximate surface area is 153 Å². The van der Waals surface area contributed by atoms with Gasteiger partial charge in [0.1, 0.15) is 23.0 Å². The van der Waals surface area contributed by atoms with Gasteiger partial charge in [-0.3, -0.25) is 4.98 Å². The highest BCUT2D eigenvalue weighted by Gasteiger charge is 2.51. The number of fused-ring (bicyclic) bond motifs is 2. The molecule has 1 aromatic heterocycles. The van der Waals surface area contributed by atoms with Crippen LogP contribution in [0.1, 0.15) is 19.3 Å². The van der Waals surface area contributed by atoms with E-state index in [1.165, 1.54) is 6.20 Å². The Bertz CT molecular complexity index is 872. The van der Waals surface area contributed by atoms with Crippen LogP contribution in [0.5, 0.6) is 11.5 Å². The van der Waals surface area contributed by atoms with E-state index in [0.717, 1.165) is 25.0 Å². The molecule has 138 valence electrons. The summed E-state index contributed by atoms with van der Waals surface area (Å²) in [5.74, 6) is 1.75. The topological polar surface area (TPSA) is 68.7 Å². The smallest absolute Gasteiger partial charge is 0.245 e. The molecule has 1 aliphatic heterocycles. The molecule has 0 N–H and O–H groups in total. The van der Waals surface area contributed by atoms with E-state index < -0.39 is 10.0 Å². The Kier molecular flexibility index (Phi) is 4.58. The SMILES string of the molecule is COc1cccc(OC[C@@H]2[C@@H]3CC[C@@H](C3)N2S(=O)(=O)c2cccnc2)c1. The number of pyridine rings is 1. The molecular formula is C19H22N2O4S. The van der Waals surface area contributed by atoms with Crippen LogP contribution in [0.4, 0.5) is 0 Å². The van der Waals surface area contributed by atoms with E-state index in [-0.39, 0.29) is 17.0 Å². The number of aromatic nitrogens is 1. The summed E-state index contributed by atoms with van der Waals surface area (Å²) in [4.78, 5) is 4.22. The van der Waals surface area contributed by atoms with E-state index in [1.54, 1.807) is 29.7 Å². The van der Waals surface area contributed by atoms with Crippen molar-refractivity contribution in [2.24, 2.45) is 5.92 Å². The van der Waals surface area contributed by atoms with Gasteiger partial charge in [0, 0.05) is 24.5 Å². The van der Waals surface area contributed by atoms with Gasteiger partial charge in [-0.05, 0) is 49.4 Å². The lowest BCUT2D eigenvalue weighted by molar-refractivity contribution is 0.162. The molecule has 0 radical (unpaired) electrons. The summed E-state index contributed by atoms with van der Waals surface area (Å²) in [6.45, 7) is 0.341. The maximum atomic E-state index is 13.2. The predicted octanol–water partition coefficient (Wildman–Crippen LogP) is 2.71. The van der Waals surface area contributed by atoms with Crippen LogP contribution >= 0.6 is 0 Å². The van der Waals surface area contributed by atoms with Gasteiger partial charge in [-0.15, -0.1) is 0 Å². The molecular weight excluding hydrogens is 352 g/mol. The van der Waals surface area contributed by atoms with E-state index in [1.807, 2.05) is 24.3 Å². The number of hydrogen-bond donors (Lipinski definition) is 0. The van der Waals surface area contributed by atoms with Crippen molar-refractivity contribution in [2.75, 3.05) is 13.7 Å². The standard InChI is InChI=1S/C19H22N2O4S/c1-24-16-4-2-5-17(11-16)25-13-19-14-7-8-15(10-14)21(19)26(22,23)18-6-3-9-20-12-18/h2-6,9,11-12,14-15,19H,7-8,10,13H2,1H3/t14-,15+,19-/m1/s1. The Balaban J connectivity index is 1.56. The Morgan fingerprint density at radius 3 is 2.81 bits per heavy atom. The first-order chi connectivity index (χ1) is 12.6. The van der Waals surface area contributed by atoms with Crippen LogP contribution in [-0.4, -0.2) is 43.5 Å². The first kappa shape index (κ1) is 17.3. The van der Waals surface area contributed by atoms with Gasteiger partial charge in [0.05, 0.1) is 13.2 Å². The summed E-state index contributed by atoms with van der Waals surface area (Å²) < 4.78 is 39.1. The van der Waals surface area contributed by atoms with Crippen molar-refractivity contribution in [2.45, 2.75) is 36.2 Å². The Morgan fingerprint density at radius 1 is 1.19 bits per heavy atom. The van der Waals surface area contributed by atoms with Gasteiger partial charge in [-0.2, -0.15) is 4.31 Å². The zero-order chi connectivity index (χ0) is 18.1. The monoisotopic (exact) mass is 374 g/mol. The zero-order valence-electron chi connectivity index (χ0n) is 14.6. The summed E-state index contributed by atoms with van der Waals surface area (Å²) in [5, 5.41) is 0. The third kappa shape index (κ3) is 3.05. The summed E-state index contributed by atoms with van der Waals surface area (Å²) >= 11 is 0. The van der Waals surface area contributed by atoms with Crippen LogP contribution in [0.25, 0.3) is 0 Å². The van der Waals surface area contributed by atoms with Gasteiger partial charge in [-0.1, -0.05) is 6.07 Å². The van der Waals surface area contributed by atoms with Gasteiger partial charge in [0.25, 0.3) is 0 Å². The van der Waals surface area contributed by atoms with Crippen LogP contribution in [0.2, 0.25) is 0 Å². The minimum absolute atomic E-state index is 0.0594. The normalized spacial score (nSPS) is 25.3. The number of sulfonamides is 1. The highest BCUT2D eigenvalue weighted by molar-refractivity contribution is 7.89. The second-order valence-electron chi connectivity index (χ2n) is 6.81. The molecule has 2 aromatic rings. The molecule has 6 nitrogen and oxygen atoms in total. The van der Waals surface area contributed by atoms with Gasteiger partial charge in [-0.25, -0.2) is 8.42 Å². The largest absolute Gasteiger partial charge is 0.497 e. The summed E-state index contributed by atoms with van der Waals surface area (Å²) in [5.41, 5.74) is 0. The van der Waals surface area contributed by atoms with Crippen molar-refractivity contribution < 1.29 is 17.9 Å². The van der Waals surface area contributed by atoms with E-state index in [4.69, 9.17) is 9.47 Å². The number of benzene rings is 1. The second-order valence-corrected chi connectivity index (χ2v) is 8.65. The summed E-state index contributed by atoms with van der Waals surface area (Å²) in [7, 11) is -1.96. The first-order valence-electron chi connectivity index (χ1n) is 8.80. The zero-order valence-corrected chi connectivity index (χ0v) is 15.4. The fourth-order valence-electron chi connectivity index (χ4n) is 4.13. The van der Waals surface area contributed by atoms with Crippen LogP contribution in [0, 0.1) is 5.92 Å².